The molecule has 0 radical (unpaired) electrons. The van der Waals surface area contributed by atoms with E-state index < -0.39 is 37.9 Å². The summed E-state index contributed by atoms with van der Waals surface area (Å²) in [5.74, 6) is -1.53. The van der Waals surface area contributed by atoms with Gasteiger partial charge < -0.3 is 21.7 Å². The topological polar surface area (TPSA) is 147 Å². The molecule has 1 rings (SSSR count). The second-order valence-electron chi connectivity index (χ2n) is 2.55. The van der Waals surface area contributed by atoms with Crippen molar-refractivity contribution in [1.29, 1.82) is 0 Å². The number of phenolic OH excluding ortho intramolecular Hbond substituents is 2. The Hall–Kier alpha value is -1.67. The lowest BCUT2D eigenvalue weighted by molar-refractivity contribution is 0.436. The molecular formula is C6H8N2O5S. The van der Waals surface area contributed by atoms with Crippen LogP contribution in [0.5, 0.6) is 11.5 Å². The molecule has 8 heteroatoms. The predicted molar refractivity (Wildman–Crippen MR) is 48.4 cm³/mol. The molecule has 0 aromatic heterocycles. The van der Waals surface area contributed by atoms with Crippen LogP contribution in [-0.2, 0) is 10.1 Å². The molecule has 0 aliphatic rings. The molecule has 0 aliphatic heterocycles. The maximum absolute atomic E-state index is 10.7. The maximum Gasteiger partial charge on any atom is 0.300 e. The lowest BCUT2D eigenvalue weighted by Gasteiger charge is -2.08. The van der Waals surface area contributed by atoms with Crippen molar-refractivity contribution in [1.82, 2.24) is 0 Å². The summed E-state index contributed by atoms with van der Waals surface area (Å²) < 4.78 is 30.1. The third kappa shape index (κ3) is 1.52. The second-order valence-corrected chi connectivity index (χ2v) is 3.91. The van der Waals surface area contributed by atoms with Crippen LogP contribution >= 0.6 is 0 Å². The lowest BCUT2D eigenvalue weighted by Crippen LogP contribution is -2.05. The minimum absolute atomic E-state index is 0.489. The minimum Gasteiger partial charge on any atom is -0.506 e. The average Bonchev–Trinajstić information content (AvgIpc) is 1.97. The first-order valence-corrected chi connectivity index (χ1v) is 4.76. The van der Waals surface area contributed by atoms with Gasteiger partial charge in [-0.1, -0.05) is 0 Å². The third-order valence-electron chi connectivity index (χ3n) is 1.56. The van der Waals surface area contributed by atoms with Crippen LogP contribution in [0.15, 0.2) is 11.0 Å². The van der Waals surface area contributed by atoms with Gasteiger partial charge in [-0.2, -0.15) is 8.42 Å². The first-order chi connectivity index (χ1) is 6.25. The van der Waals surface area contributed by atoms with Crippen LogP contribution in [0.3, 0.4) is 0 Å². The van der Waals surface area contributed by atoms with E-state index in [1.165, 1.54) is 0 Å². The monoisotopic (exact) mass is 220 g/mol. The highest BCUT2D eigenvalue weighted by molar-refractivity contribution is 7.86. The molecule has 7 N–H and O–H groups in total. The highest BCUT2D eigenvalue weighted by Crippen LogP contribution is 2.39. The van der Waals surface area contributed by atoms with Gasteiger partial charge in [0.05, 0.1) is 5.69 Å². The molecule has 7 nitrogen and oxygen atoms in total. The number of hydrogen-bond acceptors (Lipinski definition) is 6. The molecule has 14 heavy (non-hydrogen) atoms. The highest BCUT2D eigenvalue weighted by atomic mass is 32.2. The largest absolute Gasteiger partial charge is 0.506 e. The van der Waals surface area contributed by atoms with Crippen molar-refractivity contribution in [2.45, 2.75) is 4.90 Å². The fourth-order valence-corrected chi connectivity index (χ4v) is 1.65. The summed E-state index contributed by atoms with van der Waals surface area (Å²) in [5.41, 5.74) is 9.23. The molecule has 78 valence electrons. The fourth-order valence-electron chi connectivity index (χ4n) is 0.942. The smallest absolute Gasteiger partial charge is 0.300 e. The molecule has 0 heterocycles. The van der Waals surface area contributed by atoms with Crippen molar-refractivity contribution in [2.24, 2.45) is 0 Å². The van der Waals surface area contributed by atoms with Gasteiger partial charge in [0.25, 0.3) is 10.1 Å². The van der Waals surface area contributed by atoms with Gasteiger partial charge in [0.15, 0.2) is 10.6 Å². The van der Waals surface area contributed by atoms with Gasteiger partial charge in [0, 0.05) is 6.07 Å². The van der Waals surface area contributed by atoms with E-state index in [4.69, 9.17) is 21.1 Å². The zero-order chi connectivity index (χ0) is 11.1. The molecule has 0 bridgehead atoms. The molecule has 0 saturated carbocycles. The van der Waals surface area contributed by atoms with Gasteiger partial charge in [0.1, 0.15) is 11.4 Å². The van der Waals surface area contributed by atoms with Gasteiger partial charge in [-0.3, -0.25) is 4.55 Å². The van der Waals surface area contributed by atoms with E-state index in [1.54, 1.807) is 0 Å². The van der Waals surface area contributed by atoms with Gasteiger partial charge in [-0.05, 0) is 0 Å². The zero-order valence-corrected chi connectivity index (χ0v) is 7.61. The normalized spacial score (nSPS) is 11.5. The van der Waals surface area contributed by atoms with Crippen LogP contribution in [0, 0.1) is 0 Å². The Bertz CT molecular complexity index is 481. The quantitative estimate of drug-likeness (QED) is 0.243. The SMILES string of the molecule is Nc1cc(O)c(N)c(O)c1S(=O)(=O)O. The Morgan fingerprint density at radius 1 is 1.21 bits per heavy atom. The first kappa shape index (κ1) is 10.4. The summed E-state index contributed by atoms with van der Waals surface area (Å²) in [6.45, 7) is 0. The minimum atomic E-state index is -4.67. The Balaban J connectivity index is 3.70. The number of aromatic hydroxyl groups is 2. The number of anilines is 2. The number of nitrogens with two attached hydrogens (primary N) is 2. The van der Waals surface area contributed by atoms with Gasteiger partial charge in [-0.25, -0.2) is 0 Å². The second kappa shape index (κ2) is 2.93. The number of hydrogen-bond donors (Lipinski definition) is 5. The molecule has 0 unspecified atom stereocenters. The van der Waals surface area contributed by atoms with Gasteiger partial charge >= 0.3 is 0 Å². The molecule has 0 aliphatic carbocycles. The summed E-state index contributed by atoms with van der Waals surface area (Å²) in [4.78, 5) is -0.909. The summed E-state index contributed by atoms with van der Waals surface area (Å²) in [7, 11) is -4.67. The fraction of sp³-hybridized carbons (Fsp3) is 0. The van der Waals surface area contributed by atoms with Gasteiger partial charge in [0.2, 0.25) is 0 Å². The molecule has 0 spiro atoms. The van der Waals surface area contributed by atoms with Gasteiger partial charge in [-0.15, -0.1) is 0 Å². The van der Waals surface area contributed by atoms with Crippen LogP contribution in [0.4, 0.5) is 11.4 Å². The van der Waals surface area contributed by atoms with Crippen LogP contribution in [0.1, 0.15) is 0 Å². The standard InChI is InChI=1S/C6H8N2O5S/c7-2-1-3(9)4(8)5(10)6(2)14(11,12)13/h1,9-10H,7-8H2,(H,11,12,13). The molecule has 0 amide bonds. The van der Waals surface area contributed by atoms with E-state index >= 15 is 0 Å². The van der Waals surface area contributed by atoms with Crippen LogP contribution in [0.25, 0.3) is 0 Å². The highest BCUT2D eigenvalue weighted by Gasteiger charge is 2.23. The Kier molecular flexibility index (Phi) is 2.18. The van der Waals surface area contributed by atoms with E-state index in [0.29, 0.717) is 0 Å². The molecular weight excluding hydrogens is 212 g/mol. The molecule has 0 atom stereocenters. The van der Waals surface area contributed by atoms with Crippen molar-refractivity contribution in [3.05, 3.63) is 6.07 Å². The predicted octanol–water partition coefficient (Wildman–Crippen LogP) is -0.491. The Morgan fingerprint density at radius 2 is 1.71 bits per heavy atom. The number of rotatable bonds is 1. The Labute approximate surface area is 79.3 Å². The summed E-state index contributed by atoms with van der Waals surface area (Å²) in [5, 5.41) is 18.2. The first-order valence-electron chi connectivity index (χ1n) is 3.32. The third-order valence-corrected chi connectivity index (χ3v) is 2.50. The van der Waals surface area contributed by atoms with E-state index in [0.717, 1.165) is 6.07 Å². The molecule has 0 saturated heterocycles. The van der Waals surface area contributed by atoms with Crippen molar-refractivity contribution in [3.63, 3.8) is 0 Å². The van der Waals surface area contributed by atoms with Crippen molar-refractivity contribution < 1.29 is 23.2 Å². The number of nitrogen functional groups attached to an aromatic ring is 2. The lowest BCUT2D eigenvalue weighted by atomic mass is 10.2. The number of phenols is 2. The zero-order valence-electron chi connectivity index (χ0n) is 6.80. The summed E-state index contributed by atoms with van der Waals surface area (Å²) in [6, 6.07) is 0.818. The molecule has 1 aromatic rings. The average molecular weight is 220 g/mol. The molecule has 0 fully saturated rings. The Morgan fingerprint density at radius 3 is 2.14 bits per heavy atom. The van der Waals surface area contributed by atoms with Crippen molar-refractivity contribution in [2.75, 3.05) is 11.5 Å². The summed E-state index contributed by atoms with van der Waals surface area (Å²) in [6.07, 6.45) is 0. The molecule has 1 aromatic carbocycles. The number of benzene rings is 1. The van der Waals surface area contributed by atoms with E-state index in [9.17, 15) is 13.5 Å². The van der Waals surface area contributed by atoms with E-state index in [-0.39, 0.29) is 0 Å². The van der Waals surface area contributed by atoms with Crippen LogP contribution < -0.4 is 11.5 Å². The van der Waals surface area contributed by atoms with E-state index in [2.05, 4.69) is 0 Å². The van der Waals surface area contributed by atoms with E-state index in [1.807, 2.05) is 0 Å². The summed E-state index contributed by atoms with van der Waals surface area (Å²) >= 11 is 0. The maximum atomic E-state index is 10.7. The van der Waals surface area contributed by atoms with Crippen molar-refractivity contribution >= 4 is 21.5 Å². The van der Waals surface area contributed by atoms with Crippen LogP contribution in [-0.4, -0.2) is 23.2 Å². The van der Waals surface area contributed by atoms with Crippen LogP contribution in [0.2, 0.25) is 0 Å². The van der Waals surface area contributed by atoms with Crippen molar-refractivity contribution in [3.8, 4) is 11.5 Å².